The summed E-state index contributed by atoms with van der Waals surface area (Å²) in [4.78, 5) is 0.226. The van der Waals surface area contributed by atoms with Crippen molar-refractivity contribution in [3.05, 3.63) is 27.1 Å². The highest BCUT2D eigenvalue weighted by atomic mass is 79.9. The maximum Gasteiger partial charge on any atom is 0.242 e. The van der Waals surface area contributed by atoms with Gasteiger partial charge in [0.15, 0.2) is 0 Å². The third-order valence-electron chi connectivity index (χ3n) is 4.55. The average molecular weight is 440 g/mol. The highest BCUT2D eigenvalue weighted by molar-refractivity contribution is 9.11. The Labute approximate surface area is 143 Å². The minimum absolute atomic E-state index is 0.0522. The van der Waals surface area contributed by atoms with Crippen LogP contribution in [0, 0.1) is 10.8 Å². The molecule has 21 heavy (non-hydrogen) atoms. The molecule has 0 radical (unpaired) electrons. The van der Waals surface area contributed by atoms with E-state index in [1.807, 2.05) is 27.7 Å². The van der Waals surface area contributed by atoms with Crippen molar-refractivity contribution in [2.45, 2.75) is 44.7 Å². The fourth-order valence-corrected chi connectivity index (χ4v) is 6.44. The van der Waals surface area contributed by atoms with Crippen molar-refractivity contribution in [1.29, 1.82) is 0 Å². The predicted octanol–water partition coefficient (Wildman–Crippen LogP) is 3.25. The Morgan fingerprint density at radius 2 is 1.67 bits per heavy atom. The normalized spacial score (nSPS) is 27.2. The van der Waals surface area contributed by atoms with Gasteiger partial charge in [0.1, 0.15) is 0 Å². The molecule has 0 atom stereocenters. The molecule has 0 bridgehead atoms. The Morgan fingerprint density at radius 1 is 1.14 bits per heavy atom. The highest BCUT2D eigenvalue weighted by Crippen LogP contribution is 2.53. The maximum absolute atomic E-state index is 12.7. The van der Waals surface area contributed by atoms with Crippen LogP contribution in [0.4, 0.5) is 0 Å². The van der Waals surface area contributed by atoms with Crippen molar-refractivity contribution in [3.63, 3.8) is 0 Å². The van der Waals surface area contributed by atoms with E-state index in [2.05, 4.69) is 36.6 Å². The average Bonchev–Trinajstić information content (AvgIpc) is 2.37. The van der Waals surface area contributed by atoms with Gasteiger partial charge in [-0.3, -0.25) is 0 Å². The third-order valence-corrected chi connectivity index (χ3v) is 7.46. The molecule has 1 aliphatic rings. The fourth-order valence-electron chi connectivity index (χ4n) is 3.39. The van der Waals surface area contributed by atoms with E-state index in [-0.39, 0.29) is 27.8 Å². The minimum atomic E-state index is -3.62. The van der Waals surface area contributed by atoms with Gasteiger partial charge in [-0.25, -0.2) is 13.1 Å². The first-order valence-electron chi connectivity index (χ1n) is 6.63. The van der Waals surface area contributed by atoms with Gasteiger partial charge in [0.2, 0.25) is 10.0 Å². The number of benzene rings is 1. The maximum atomic E-state index is 12.7. The largest absolute Gasteiger partial charge is 0.327 e. The zero-order chi connectivity index (χ0) is 16.2. The Hall–Kier alpha value is 0.0500. The Bertz CT molecular complexity index is 656. The zero-order valence-corrected chi connectivity index (χ0v) is 16.4. The van der Waals surface area contributed by atoms with Gasteiger partial charge in [0, 0.05) is 21.0 Å². The van der Waals surface area contributed by atoms with E-state index in [0.717, 1.165) is 4.47 Å². The van der Waals surface area contributed by atoms with Gasteiger partial charge in [0.25, 0.3) is 0 Å². The quantitative estimate of drug-likeness (QED) is 0.759. The first kappa shape index (κ1) is 17.4. The lowest BCUT2D eigenvalue weighted by atomic mass is 9.49. The van der Waals surface area contributed by atoms with Crippen molar-refractivity contribution in [2.75, 3.05) is 0 Å². The van der Waals surface area contributed by atoms with E-state index >= 15 is 0 Å². The third kappa shape index (κ3) is 2.83. The van der Waals surface area contributed by atoms with Crippen LogP contribution in [0.2, 0.25) is 0 Å². The second-order valence-corrected chi connectivity index (χ2v) is 10.2. The molecule has 7 heteroatoms. The number of halogens is 2. The van der Waals surface area contributed by atoms with Crippen LogP contribution in [0.1, 0.15) is 27.7 Å². The van der Waals surface area contributed by atoms with Crippen LogP contribution in [-0.4, -0.2) is 20.5 Å². The molecule has 0 aromatic heterocycles. The second-order valence-electron chi connectivity index (χ2n) is 6.75. The topological polar surface area (TPSA) is 72.2 Å². The van der Waals surface area contributed by atoms with Gasteiger partial charge in [-0.2, -0.15) is 0 Å². The van der Waals surface area contributed by atoms with Crippen LogP contribution >= 0.6 is 31.9 Å². The van der Waals surface area contributed by atoms with Crippen LogP contribution in [0.3, 0.4) is 0 Å². The van der Waals surface area contributed by atoms with Crippen LogP contribution in [-0.2, 0) is 10.0 Å². The second kappa shape index (κ2) is 5.30. The number of hydrogen-bond acceptors (Lipinski definition) is 3. The Morgan fingerprint density at radius 3 is 2.19 bits per heavy atom. The summed E-state index contributed by atoms with van der Waals surface area (Å²) in [7, 11) is -3.62. The first-order chi connectivity index (χ1) is 9.40. The number of rotatable bonds is 3. The number of nitrogens with two attached hydrogens (primary N) is 1. The molecule has 118 valence electrons. The molecule has 1 saturated carbocycles. The van der Waals surface area contributed by atoms with Crippen LogP contribution < -0.4 is 10.5 Å². The minimum Gasteiger partial charge on any atom is -0.327 e. The molecule has 0 heterocycles. The number of hydrogen-bond donors (Lipinski definition) is 2. The molecule has 1 aliphatic carbocycles. The zero-order valence-electron chi connectivity index (χ0n) is 12.4. The molecule has 3 N–H and O–H groups in total. The van der Waals surface area contributed by atoms with Crippen molar-refractivity contribution in [2.24, 2.45) is 16.6 Å². The van der Waals surface area contributed by atoms with Crippen LogP contribution in [0.25, 0.3) is 0 Å². The van der Waals surface area contributed by atoms with Crippen LogP contribution in [0.15, 0.2) is 32.0 Å². The van der Waals surface area contributed by atoms with Crippen molar-refractivity contribution in [1.82, 2.24) is 4.72 Å². The first-order valence-corrected chi connectivity index (χ1v) is 9.70. The Kier molecular flexibility index (Phi) is 4.39. The molecule has 4 nitrogen and oxygen atoms in total. The highest BCUT2D eigenvalue weighted by Gasteiger charge is 2.61. The van der Waals surface area contributed by atoms with Gasteiger partial charge < -0.3 is 5.73 Å². The smallest absolute Gasteiger partial charge is 0.242 e. The lowest BCUT2D eigenvalue weighted by Crippen LogP contribution is -2.75. The molecular weight excluding hydrogens is 420 g/mol. The standard InChI is InChI=1S/C14H20Br2N2O2S/c1-13(2)11(17)14(3,4)12(13)18-21(19,20)10-7-8(15)5-6-9(10)16/h5-7,11-12,18H,17H2,1-4H3. The van der Waals surface area contributed by atoms with Gasteiger partial charge in [-0.15, -0.1) is 0 Å². The lowest BCUT2D eigenvalue weighted by molar-refractivity contribution is -0.0593. The van der Waals surface area contributed by atoms with Crippen molar-refractivity contribution in [3.8, 4) is 0 Å². The van der Waals surface area contributed by atoms with E-state index in [4.69, 9.17) is 5.73 Å². The van der Waals surface area contributed by atoms with Gasteiger partial charge in [0.05, 0.1) is 4.90 Å². The summed E-state index contributed by atoms with van der Waals surface area (Å²) in [6, 6.07) is 4.82. The molecule has 0 amide bonds. The summed E-state index contributed by atoms with van der Waals surface area (Å²) in [5.74, 6) is 0. The predicted molar refractivity (Wildman–Crippen MR) is 91.5 cm³/mol. The summed E-state index contributed by atoms with van der Waals surface area (Å²) >= 11 is 6.61. The van der Waals surface area contributed by atoms with Gasteiger partial charge >= 0.3 is 0 Å². The molecule has 0 unspecified atom stereocenters. The summed E-state index contributed by atoms with van der Waals surface area (Å²) in [6.07, 6.45) is 0. The lowest BCUT2D eigenvalue weighted by Gasteiger charge is -2.62. The van der Waals surface area contributed by atoms with E-state index in [1.165, 1.54) is 0 Å². The van der Waals surface area contributed by atoms with E-state index in [9.17, 15) is 8.42 Å². The SMILES string of the molecule is CC1(C)C(N)C(C)(C)C1NS(=O)(=O)c1cc(Br)ccc1Br. The molecule has 1 aromatic carbocycles. The monoisotopic (exact) mass is 438 g/mol. The molecule has 0 spiro atoms. The molecule has 1 aromatic rings. The molecule has 0 aliphatic heterocycles. The summed E-state index contributed by atoms with van der Waals surface area (Å²) < 4.78 is 29.5. The van der Waals surface area contributed by atoms with E-state index < -0.39 is 10.0 Å². The van der Waals surface area contributed by atoms with Crippen molar-refractivity contribution >= 4 is 41.9 Å². The Balaban J connectivity index is 2.37. The summed E-state index contributed by atoms with van der Waals surface area (Å²) in [6.45, 7) is 7.97. The van der Waals surface area contributed by atoms with Gasteiger partial charge in [-0.1, -0.05) is 43.6 Å². The van der Waals surface area contributed by atoms with E-state index in [1.54, 1.807) is 18.2 Å². The number of sulfonamides is 1. The fraction of sp³-hybridized carbons (Fsp3) is 0.571. The molecular formula is C14H20Br2N2O2S. The van der Waals surface area contributed by atoms with E-state index in [0.29, 0.717) is 4.47 Å². The van der Waals surface area contributed by atoms with Gasteiger partial charge in [-0.05, 0) is 45.0 Å². The molecule has 2 rings (SSSR count). The molecule has 1 fully saturated rings. The summed E-state index contributed by atoms with van der Waals surface area (Å²) in [5, 5.41) is 0. The summed E-state index contributed by atoms with van der Waals surface area (Å²) in [5.41, 5.74) is 5.62. The number of nitrogens with one attached hydrogen (secondary N) is 1. The van der Waals surface area contributed by atoms with Crippen molar-refractivity contribution < 1.29 is 8.42 Å². The molecule has 0 saturated heterocycles. The van der Waals surface area contributed by atoms with Crippen LogP contribution in [0.5, 0.6) is 0 Å².